The summed E-state index contributed by atoms with van der Waals surface area (Å²) in [5.74, 6) is -0.391. The first-order valence-electron chi connectivity index (χ1n) is 7.69. The molecule has 0 bridgehead atoms. The molecular formula is C19H21BrN2O2. The van der Waals surface area contributed by atoms with Crippen LogP contribution in [0.3, 0.4) is 0 Å². The molecule has 24 heavy (non-hydrogen) atoms. The van der Waals surface area contributed by atoms with E-state index in [1.807, 2.05) is 57.2 Å². The number of halogens is 1. The smallest absolute Gasteiger partial charge is 0.244 e. The van der Waals surface area contributed by atoms with Gasteiger partial charge in [0.15, 0.2) is 0 Å². The van der Waals surface area contributed by atoms with Gasteiger partial charge in [0.25, 0.3) is 0 Å². The van der Waals surface area contributed by atoms with E-state index in [2.05, 4.69) is 21.2 Å². The van der Waals surface area contributed by atoms with Crippen molar-refractivity contribution in [1.82, 2.24) is 0 Å². The standard InChI is InChI=1S/C19H21BrN2O2/c1-12-5-6-13(2)17(9-12)21-19(24)11-22(15(4)23)18-8-7-16(20)10-14(18)3/h5-10H,11H2,1-4H3,(H,21,24). The monoisotopic (exact) mass is 388 g/mol. The fourth-order valence-electron chi connectivity index (χ4n) is 2.49. The molecule has 0 atom stereocenters. The molecule has 0 unspecified atom stereocenters. The van der Waals surface area contributed by atoms with E-state index in [1.165, 1.54) is 11.8 Å². The highest BCUT2D eigenvalue weighted by Gasteiger charge is 2.18. The quantitative estimate of drug-likeness (QED) is 0.845. The first-order valence-corrected chi connectivity index (χ1v) is 8.48. The number of anilines is 2. The Kier molecular flexibility index (Phi) is 5.78. The van der Waals surface area contributed by atoms with Gasteiger partial charge in [0.1, 0.15) is 6.54 Å². The summed E-state index contributed by atoms with van der Waals surface area (Å²) in [5, 5.41) is 2.89. The summed E-state index contributed by atoms with van der Waals surface area (Å²) < 4.78 is 0.937. The summed E-state index contributed by atoms with van der Waals surface area (Å²) in [6.45, 7) is 7.27. The van der Waals surface area contributed by atoms with E-state index in [4.69, 9.17) is 0 Å². The lowest BCUT2D eigenvalue weighted by atomic mass is 10.1. The first kappa shape index (κ1) is 18.2. The molecule has 2 aromatic rings. The molecular weight excluding hydrogens is 368 g/mol. The van der Waals surface area contributed by atoms with Crippen molar-refractivity contribution >= 4 is 39.1 Å². The second-order valence-corrected chi connectivity index (χ2v) is 6.82. The zero-order valence-electron chi connectivity index (χ0n) is 14.3. The molecule has 0 saturated carbocycles. The van der Waals surface area contributed by atoms with E-state index in [1.54, 1.807) is 0 Å². The van der Waals surface area contributed by atoms with Crippen molar-refractivity contribution in [2.45, 2.75) is 27.7 Å². The van der Waals surface area contributed by atoms with Crippen LogP contribution in [-0.4, -0.2) is 18.4 Å². The van der Waals surface area contributed by atoms with Crippen molar-refractivity contribution in [3.05, 3.63) is 57.6 Å². The Labute approximate surface area is 151 Å². The van der Waals surface area contributed by atoms with Gasteiger partial charge in [-0.05, 0) is 61.7 Å². The molecule has 0 aromatic heterocycles. The molecule has 0 aliphatic carbocycles. The Morgan fingerprint density at radius 2 is 1.75 bits per heavy atom. The highest BCUT2D eigenvalue weighted by molar-refractivity contribution is 9.10. The van der Waals surface area contributed by atoms with E-state index in [-0.39, 0.29) is 18.4 Å². The van der Waals surface area contributed by atoms with Gasteiger partial charge in [-0.3, -0.25) is 9.59 Å². The lowest BCUT2D eigenvalue weighted by Gasteiger charge is -2.23. The number of hydrogen-bond donors (Lipinski definition) is 1. The SMILES string of the molecule is CC(=O)N(CC(=O)Nc1cc(C)ccc1C)c1ccc(Br)cc1C. The maximum Gasteiger partial charge on any atom is 0.244 e. The average molecular weight is 389 g/mol. The average Bonchev–Trinajstić information content (AvgIpc) is 2.49. The van der Waals surface area contributed by atoms with Gasteiger partial charge in [-0.15, -0.1) is 0 Å². The van der Waals surface area contributed by atoms with E-state index in [0.717, 1.165) is 32.5 Å². The van der Waals surface area contributed by atoms with E-state index in [0.29, 0.717) is 0 Å². The number of carbonyl (C=O) groups excluding carboxylic acids is 2. The minimum Gasteiger partial charge on any atom is -0.324 e. The van der Waals surface area contributed by atoms with Crippen molar-refractivity contribution in [3.8, 4) is 0 Å². The molecule has 0 heterocycles. The third-order valence-electron chi connectivity index (χ3n) is 3.80. The molecule has 0 saturated heterocycles. The third-order valence-corrected chi connectivity index (χ3v) is 4.29. The van der Waals surface area contributed by atoms with Crippen LogP contribution in [0.15, 0.2) is 40.9 Å². The van der Waals surface area contributed by atoms with Crippen LogP contribution in [0.25, 0.3) is 0 Å². The van der Waals surface area contributed by atoms with Gasteiger partial charge in [-0.25, -0.2) is 0 Å². The maximum absolute atomic E-state index is 12.4. The van der Waals surface area contributed by atoms with Crippen LogP contribution in [0.1, 0.15) is 23.6 Å². The molecule has 4 nitrogen and oxygen atoms in total. The fraction of sp³-hybridized carbons (Fsp3) is 0.263. The molecule has 2 amide bonds. The lowest BCUT2D eigenvalue weighted by molar-refractivity contribution is -0.120. The number of benzene rings is 2. The fourth-order valence-corrected chi connectivity index (χ4v) is 2.97. The summed E-state index contributed by atoms with van der Waals surface area (Å²) in [6, 6.07) is 11.5. The number of aryl methyl sites for hydroxylation is 3. The lowest BCUT2D eigenvalue weighted by Crippen LogP contribution is -2.37. The Morgan fingerprint density at radius 3 is 2.38 bits per heavy atom. The number of nitrogens with zero attached hydrogens (tertiary/aromatic N) is 1. The van der Waals surface area contributed by atoms with Crippen LogP contribution >= 0.6 is 15.9 Å². The van der Waals surface area contributed by atoms with Gasteiger partial charge in [-0.2, -0.15) is 0 Å². The topological polar surface area (TPSA) is 49.4 Å². The number of hydrogen-bond acceptors (Lipinski definition) is 2. The van der Waals surface area contributed by atoms with Gasteiger partial charge >= 0.3 is 0 Å². The van der Waals surface area contributed by atoms with E-state index >= 15 is 0 Å². The largest absolute Gasteiger partial charge is 0.324 e. The van der Waals surface area contributed by atoms with Crippen molar-refractivity contribution in [1.29, 1.82) is 0 Å². The second-order valence-electron chi connectivity index (χ2n) is 5.90. The first-order chi connectivity index (χ1) is 11.3. The number of nitrogens with one attached hydrogen (secondary N) is 1. The van der Waals surface area contributed by atoms with Crippen LogP contribution in [0.4, 0.5) is 11.4 Å². The minimum atomic E-state index is -0.221. The van der Waals surface area contributed by atoms with E-state index in [9.17, 15) is 9.59 Å². The summed E-state index contributed by atoms with van der Waals surface area (Å²) in [7, 11) is 0. The number of amides is 2. The maximum atomic E-state index is 12.4. The Hall–Kier alpha value is -2.14. The molecule has 2 rings (SSSR count). The molecule has 126 valence electrons. The molecule has 5 heteroatoms. The number of rotatable bonds is 4. The van der Waals surface area contributed by atoms with Gasteiger partial charge in [-0.1, -0.05) is 28.1 Å². The summed E-state index contributed by atoms with van der Waals surface area (Å²) >= 11 is 3.41. The van der Waals surface area contributed by atoms with Gasteiger partial charge < -0.3 is 10.2 Å². The third kappa shape index (κ3) is 4.45. The molecule has 0 radical (unpaired) electrons. The van der Waals surface area contributed by atoms with Gasteiger partial charge in [0, 0.05) is 22.8 Å². The van der Waals surface area contributed by atoms with Crippen molar-refractivity contribution in [2.75, 3.05) is 16.8 Å². The molecule has 0 fully saturated rings. The predicted octanol–water partition coefficient (Wildman–Crippen LogP) is 4.37. The molecule has 0 aliphatic heterocycles. The van der Waals surface area contributed by atoms with Crippen LogP contribution < -0.4 is 10.2 Å². The van der Waals surface area contributed by atoms with Crippen LogP contribution in [0, 0.1) is 20.8 Å². The zero-order valence-corrected chi connectivity index (χ0v) is 15.9. The second kappa shape index (κ2) is 7.62. The molecule has 0 spiro atoms. The van der Waals surface area contributed by atoms with Crippen molar-refractivity contribution < 1.29 is 9.59 Å². The van der Waals surface area contributed by atoms with Crippen LogP contribution in [-0.2, 0) is 9.59 Å². The molecule has 2 aromatic carbocycles. The highest BCUT2D eigenvalue weighted by atomic mass is 79.9. The minimum absolute atomic E-state index is 0.0226. The molecule has 1 N–H and O–H groups in total. The van der Waals surface area contributed by atoms with Crippen LogP contribution in [0.2, 0.25) is 0 Å². The predicted molar refractivity (Wildman–Crippen MR) is 101 cm³/mol. The summed E-state index contributed by atoms with van der Waals surface area (Å²) in [6.07, 6.45) is 0. The highest BCUT2D eigenvalue weighted by Crippen LogP contribution is 2.24. The van der Waals surface area contributed by atoms with Gasteiger partial charge in [0.05, 0.1) is 0 Å². The van der Waals surface area contributed by atoms with Crippen molar-refractivity contribution in [2.24, 2.45) is 0 Å². The Bertz CT molecular complexity index is 787. The number of carbonyl (C=O) groups is 2. The Balaban J connectivity index is 2.20. The van der Waals surface area contributed by atoms with Gasteiger partial charge in [0.2, 0.25) is 11.8 Å². The summed E-state index contributed by atoms with van der Waals surface area (Å²) in [5.41, 5.74) is 4.50. The zero-order chi connectivity index (χ0) is 17.9. The van der Waals surface area contributed by atoms with E-state index < -0.39 is 0 Å². The Morgan fingerprint density at radius 1 is 1.04 bits per heavy atom. The van der Waals surface area contributed by atoms with Crippen LogP contribution in [0.5, 0.6) is 0 Å². The normalized spacial score (nSPS) is 10.4. The summed E-state index contributed by atoms with van der Waals surface area (Å²) in [4.78, 5) is 25.9. The van der Waals surface area contributed by atoms with Crippen molar-refractivity contribution in [3.63, 3.8) is 0 Å². The molecule has 0 aliphatic rings.